The number of aromatic nitrogens is 5. The Morgan fingerprint density at radius 1 is 0.444 bits per heavy atom. The van der Waals surface area contributed by atoms with E-state index in [0.717, 1.165) is 67.9 Å². The molecule has 7 aromatic carbocycles. The molecule has 18 heteroatoms. The van der Waals surface area contributed by atoms with E-state index in [4.69, 9.17) is 9.72 Å². The first kappa shape index (κ1) is 63.5. The predicted molar refractivity (Wildman–Crippen MR) is 343 cm³/mol. The number of phenols is 3. The summed E-state index contributed by atoms with van der Waals surface area (Å²) < 4.78 is 7.87. The molecule has 452 valence electrons. The molecule has 3 aliphatic rings. The van der Waals surface area contributed by atoms with Gasteiger partial charge in [0.25, 0.3) is 0 Å². The standard InChI is InChI=1S/C29H19N5O.C23H21N3O.C20H15N3O2.3Pt/c35-26-15-6-5-13-24(26)33-19-32(25-14-8-18-30-29(25)33)27-16-7-17-28(31-27)34-22-11-3-1-9-20(22)21-10-2-4-12-23(21)34;1-23(2,22-12-5-6-13-24-22)18-8-7-9-19(16-18)25-14-15-26(17-25)20-10-3-4-11-21(20)27;24-19-9-2-1-8-18(19)23-13-12-22(15-23)16-6-5-7-17(14-16)25-20-10-3-4-11-21-20;;;/h1-11,13-19,35H;3-15,17,27H,1-2H3;1-13,15,24H;;;/q3*-2;3*+2. The van der Waals surface area contributed by atoms with Gasteiger partial charge in [0, 0.05) is 47.0 Å². The van der Waals surface area contributed by atoms with Gasteiger partial charge in [-0.1, -0.05) is 92.2 Å². The van der Waals surface area contributed by atoms with Crippen LogP contribution in [-0.4, -0.2) is 39.8 Å². The Bertz CT molecular complexity index is 4430. The van der Waals surface area contributed by atoms with Crippen molar-refractivity contribution < 1.29 is 83.3 Å². The molecule has 12 aromatic rings. The second-order valence-electron chi connectivity index (χ2n) is 20.7. The van der Waals surface area contributed by atoms with Crippen LogP contribution in [0.2, 0.25) is 0 Å². The Balaban J connectivity index is 0.000000149. The number of phenolic OH excluding ortho intramolecular Hbond substituents is 3. The average Bonchev–Trinajstić information content (AvgIpc) is 1.65. The van der Waals surface area contributed by atoms with E-state index >= 15 is 0 Å². The first-order valence-electron chi connectivity index (χ1n) is 28.0. The predicted octanol–water partition coefficient (Wildman–Crippen LogP) is 15.6. The van der Waals surface area contributed by atoms with E-state index in [2.05, 4.69) is 81.9 Å². The van der Waals surface area contributed by atoms with Gasteiger partial charge in [-0.2, -0.15) is 54.6 Å². The number of benzene rings is 7. The second-order valence-corrected chi connectivity index (χ2v) is 20.7. The summed E-state index contributed by atoms with van der Waals surface area (Å²) in [5, 5.41) is 32.9. The number of rotatable bonds is 11. The normalized spacial score (nSPS) is 13.0. The first-order chi connectivity index (χ1) is 42.6. The largest absolute Gasteiger partial charge is 2.00 e. The number of para-hydroxylation sites is 8. The van der Waals surface area contributed by atoms with Gasteiger partial charge in [-0.25, -0.2) is 15.0 Å². The topological polar surface area (TPSA) is 146 Å². The van der Waals surface area contributed by atoms with E-state index in [1.54, 1.807) is 48.8 Å². The maximum Gasteiger partial charge on any atom is 2.00 e. The first-order valence-corrected chi connectivity index (χ1v) is 28.0. The zero-order valence-corrected chi connectivity index (χ0v) is 55.0. The fourth-order valence-electron chi connectivity index (χ4n) is 10.4. The number of anilines is 8. The Labute approximate surface area is 565 Å². The van der Waals surface area contributed by atoms with Crippen molar-refractivity contribution in [3.8, 4) is 34.7 Å². The number of pyridine rings is 4. The third kappa shape index (κ3) is 13.3. The van der Waals surface area contributed by atoms with Gasteiger partial charge in [0.05, 0.1) is 22.7 Å². The van der Waals surface area contributed by atoms with Gasteiger partial charge in [-0.05, 0) is 115 Å². The van der Waals surface area contributed by atoms with Crippen LogP contribution in [-0.2, 0) is 68.6 Å². The van der Waals surface area contributed by atoms with Gasteiger partial charge < -0.3 is 54.0 Å². The van der Waals surface area contributed by atoms with Crippen molar-refractivity contribution in [1.82, 2.24) is 24.5 Å². The number of fused-ring (bicyclic) bond motifs is 4. The van der Waals surface area contributed by atoms with Crippen molar-refractivity contribution in [3.63, 3.8) is 0 Å². The number of nitrogens with zero attached hydrogens (tertiary/aromatic N) is 11. The SMILES string of the molecule is CC(C)(c1[c-]c(N2C=CN(c3ccccc3O)[CH-]2)ccc1)c1ccccn1.Oc1ccccc1N1C=CN(c2[c-]c(Oc3ccccn3)ccc2)[CH-]1.Oc1ccccc1N1[CH-]N(c2cccc(-n3c4[c-]cccc4c4ccccc43)n2)c2cccnc21.[Pt+2].[Pt+2].[Pt+2]. The van der Waals surface area contributed by atoms with E-state index in [-0.39, 0.29) is 85.9 Å². The molecule has 0 saturated heterocycles. The van der Waals surface area contributed by atoms with Crippen LogP contribution in [0, 0.1) is 38.2 Å². The summed E-state index contributed by atoms with van der Waals surface area (Å²) in [5.74, 6) is 4.03. The number of ether oxygens (including phenoxy) is 1. The fraction of sp³-hybridized carbons (Fsp3) is 0.0417. The van der Waals surface area contributed by atoms with Crippen LogP contribution >= 0.6 is 0 Å². The molecule has 0 saturated carbocycles. The van der Waals surface area contributed by atoms with Gasteiger partial charge >= 0.3 is 63.2 Å². The molecule has 90 heavy (non-hydrogen) atoms. The molecule has 0 radical (unpaired) electrons. The van der Waals surface area contributed by atoms with Gasteiger partial charge in [-0.3, -0.25) is 4.98 Å². The minimum atomic E-state index is -0.252. The van der Waals surface area contributed by atoms with Crippen molar-refractivity contribution in [1.29, 1.82) is 0 Å². The maximum atomic E-state index is 10.5. The summed E-state index contributed by atoms with van der Waals surface area (Å²) in [6.07, 6.45) is 12.9. The Morgan fingerprint density at radius 3 is 1.67 bits per heavy atom. The Morgan fingerprint density at radius 2 is 1.00 bits per heavy atom. The van der Waals surface area contributed by atoms with Crippen LogP contribution in [0.4, 0.5) is 45.8 Å². The molecule has 0 unspecified atom stereocenters. The van der Waals surface area contributed by atoms with Crippen LogP contribution in [0.1, 0.15) is 25.1 Å². The molecule has 15 nitrogen and oxygen atoms in total. The van der Waals surface area contributed by atoms with Gasteiger partial charge in [0.1, 0.15) is 34.7 Å². The molecular weight excluding hydrogens is 1670 g/mol. The van der Waals surface area contributed by atoms with Crippen LogP contribution in [0.25, 0.3) is 27.6 Å². The van der Waals surface area contributed by atoms with Gasteiger partial charge in [0.15, 0.2) is 0 Å². The van der Waals surface area contributed by atoms with Gasteiger partial charge in [-0.15, -0.1) is 60.5 Å². The minimum absolute atomic E-state index is 0. The zero-order chi connectivity index (χ0) is 59.3. The summed E-state index contributed by atoms with van der Waals surface area (Å²) in [5.41, 5.74) is 8.64. The van der Waals surface area contributed by atoms with E-state index in [9.17, 15) is 15.3 Å². The van der Waals surface area contributed by atoms with Crippen molar-refractivity contribution in [2.45, 2.75) is 19.3 Å². The molecule has 0 fully saturated rings. The minimum Gasteiger partial charge on any atom is -0.506 e. The molecule has 3 aliphatic heterocycles. The summed E-state index contributed by atoms with van der Waals surface area (Å²) >= 11 is 0. The van der Waals surface area contributed by atoms with E-state index in [1.165, 1.54) is 5.39 Å². The smallest absolute Gasteiger partial charge is 0.506 e. The van der Waals surface area contributed by atoms with Crippen molar-refractivity contribution in [2.24, 2.45) is 0 Å². The average molecular weight is 1720 g/mol. The van der Waals surface area contributed by atoms with Crippen LogP contribution in [0.3, 0.4) is 0 Å². The van der Waals surface area contributed by atoms with Crippen LogP contribution < -0.4 is 34.1 Å². The molecule has 0 atom stereocenters. The van der Waals surface area contributed by atoms with Crippen LogP contribution in [0.15, 0.2) is 262 Å². The van der Waals surface area contributed by atoms with Crippen LogP contribution in [0.5, 0.6) is 28.9 Å². The molecule has 0 aliphatic carbocycles. The summed E-state index contributed by atoms with van der Waals surface area (Å²) in [6, 6.07) is 79.4. The van der Waals surface area contributed by atoms with E-state index in [0.29, 0.717) is 23.0 Å². The molecule has 3 N–H and O–H groups in total. The second kappa shape index (κ2) is 28.3. The summed E-state index contributed by atoms with van der Waals surface area (Å²) in [7, 11) is 0. The molecule has 0 bridgehead atoms. The zero-order valence-electron chi connectivity index (χ0n) is 48.2. The molecular formula is C72H55N11O4Pt3. The van der Waals surface area contributed by atoms with Crippen molar-refractivity contribution in [2.75, 3.05) is 29.4 Å². The van der Waals surface area contributed by atoms with E-state index < -0.39 is 0 Å². The Kier molecular flexibility index (Phi) is 20.0. The Hall–Kier alpha value is -9.52. The molecule has 0 amide bonds. The third-order valence-electron chi connectivity index (χ3n) is 14.8. The van der Waals surface area contributed by atoms with Crippen molar-refractivity contribution in [3.05, 3.63) is 311 Å². The summed E-state index contributed by atoms with van der Waals surface area (Å²) in [4.78, 5) is 29.8. The molecule has 0 spiro atoms. The number of hydrogen-bond acceptors (Lipinski definition) is 14. The third-order valence-corrected chi connectivity index (χ3v) is 14.8. The molecule has 15 rings (SSSR count). The number of hydrogen-bond donors (Lipinski definition) is 3. The number of aromatic hydroxyl groups is 3. The quantitative estimate of drug-likeness (QED) is 0.106. The summed E-state index contributed by atoms with van der Waals surface area (Å²) in [6.45, 7) is 10.0. The maximum absolute atomic E-state index is 10.5. The fourth-order valence-corrected chi connectivity index (χ4v) is 10.4. The van der Waals surface area contributed by atoms with Crippen molar-refractivity contribution >= 4 is 67.6 Å². The van der Waals surface area contributed by atoms with E-state index in [1.807, 2.05) is 232 Å². The monoisotopic (exact) mass is 1720 g/mol. The van der Waals surface area contributed by atoms with Gasteiger partial charge in [0.2, 0.25) is 5.88 Å². The molecule has 8 heterocycles. The molecule has 5 aromatic heterocycles.